The van der Waals surface area contributed by atoms with E-state index in [0.29, 0.717) is 11.1 Å². The Morgan fingerprint density at radius 2 is 1.14 bits per heavy atom. The molecule has 0 aliphatic rings. The Kier molecular flexibility index (Phi) is 7.21. The maximum Gasteiger partial charge on any atom is 0.339 e. The molecule has 9 heteroatoms. The molecule has 9 nitrogen and oxygen atoms in total. The van der Waals surface area contributed by atoms with E-state index in [1.807, 2.05) is 31.2 Å². The lowest BCUT2D eigenvalue weighted by atomic mass is 10.0. The van der Waals surface area contributed by atoms with Crippen LogP contribution in [0, 0.1) is 6.92 Å². The number of benzene rings is 3. The molecular formula is C26H22N2O7. The maximum atomic E-state index is 11.1. The van der Waals surface area contributed by atoms with Gasteiger partial charge in [-0.05, 0) is 65.6 Å². The number of aromatic carboxylic acids is 1. The third-order valence-electron chi connectivity index (χ3n) is 5.07. The van der Waals surface area contributed by atoms with Crippen LogP contribution in [0.1, 0.15) is 26.3 Å². The summed E-state index contributed by atoms with van der Waals surface area (Å²) in [6.45, 7) is 1.95. The quantitative estimate of drug-likeness (QED) is 0.240. The van der Waals surface area contributed by atoms with Crippen LogP contribution in [0.4, 0.5) is 0 Å². The van der Waals surface area contributed by atoms with Gasteiger partial charge in [-0.25, -0.2) is 4.79 Å². The van der Waals surface area contributed by atoms with Crippen molar-refractivity contribution in [1.29, 1.82) is 0 Å². The number of aryl methyl sites for hydroxylation is 1. The predicted molar refractivity (Wildman–Crippen MR) is 128 cm³/mol. The van der Waals surface area contributed by atoms with E-state index in [2.05, 4.69) is 4.98 Å². The van der Waals surface area contributed by atoms with E-state index in [9.17, 15) is 30.0 Å². The molecule has 1 amide bonds. The minimum Gasteiger partial charge on any atom is -0.504 e. The number of carboxylic acid groups (broad SMARTS) is 1. The molecule has 1 heterocycles. The number of carbonyl (C=O) groups is 2. The summed E-state index contributed by atoms with van der Waals surface area (Å²) >= 11 is 0. The van der Waals surface area contributed by atoms with E-state index in [1.54, 1.807) is 24.5 Å². The van der Waals surface area contributed by atoms with Crippen LogP contribution in [0.25, 0.3) is 22.3 Å². The van der Waals surface area contributed by atoms with Crippen LogP contribution in [-0.4, -0.2) is 42.4 Å². The number of carbonyl (C=O) groups excluding carboxylic acids is 1. The molecule has 4 rings (SSSR count). The molecule has 1 aromatic heterocycles. The lowest BCUT2D eigenvalue weighted by Crippen LogP contribution is -2.11. The van der Waals surface area contributed by atoms with Crippen LogP contribution in [0.2, 0.25) is 0 Å². The lowest BCUT2D eigenvalue weighted by Gasteiger charge is -2.07. The van der Waals surface area contributed by atoms with Gasteiger partial charge in [-0.1, -0.05) is 29.8 Å². The van der Waals surface area contributed by atoms with Gasteiger partial charge in [-0.2, -0.15) is 0 Å². The summed E-state index contributed by atoms with van der Waals surface area (Å²) in [6.07, 6.45) is 3.17. The van der Waals surface area contributed by atoms with Gasteiger partial charge in [0.2, 0.25) is 0 Å². The van der Waals surface area contributed by atoms with Crippen molar-refractivity contribution in [1.82, 2.24) is 4.98 Å². The van der Waals surface area contributed by atoms with Gasteiger partial charge in [0.15, 0.2) is 23.0 Å². The summed E-state index contributed by atoms with van der Waals surface area (Å²) in [6, 6.07) is 16.3. The number of amides is 1. The normalized spacial score (nSPS) is 10.2. The minimum absolute atomic E-state index is 0.114. The van der Waals surface area contributed by atoms with E-state index in [4.69, 9.17) is 10.8 Å². The highest BCUT2D eigenvalue weighted by Crippen LogP contribution is 2.35. The lowest BCUT2D eigenvalue weighted by molar-refractivity contribution is 0.0692. The molecule has 7 N–H and O–H groups in total. The molecule has 0 bridgehead atoms. The molecule has 0 saturated heterocycles. The van der Waals surface area contributed by atoms with Crippen LogP contribution >= 0.6 is 0 Å². The Balaban J connectivity index is 0.000000196. The van der Waals surface area contributed by atoms with Gasteiger partial charge in [-0.3, -0.25) is 9.78 Å². The number of pyridine rings is 1. The first kappa shape index (κ1) is 24.6. The number of primary amides is 1. The maximum absolute atomic E-state index is 11.1. The Labute approximate surface area is 200 Å². The van der Waals surface area contributed by atoms with E-state index >= 15 is 0 Å². The summed E-state index contributed by atoms with van der Waals surface area (Å²) in [7, 11) is 0. The number of aromatic nitrogens is 1. The van der Waals surface area contributed by atoms with Crippen molar-refractivity contribution in [3.8, 4) is 45.3 Å². The summed E-state index contributed by atoms with van der Waals surface area (Å²) in [4.78, 5) is 25.9. The Hall–Kier alpha value is -5.05. The van der Waals surface area contributed by atoms with Crippen molar-refractivity contribution >= 4 is 11.9 Å². The first-order valence-electron chi connectivity index (χ1n) is 10.2. The second-order valence-electron chi connectivity index (χ2n) is 7.55. The Bertz CT molecular complexity index is 1390. The van der Waals surface area contributed by atoms with Crippen LogP contribution < -0.4 is 5.73 Å². The first-order chi connectivity index (χ1) is 16.6. The van der Waals surface area contributed by atoms with Crippen LogP contribution in [0.15, 0.2) is 73.1 Å². The van der Waals surface area contributed by atoms with Crippen LogP contribution in [-0.2, 0) is 0 Å². The number of phenolic OH excluding ortho intramolecular Hbond substituents is 2. The number of nitrogens with two attached hydrogens (primary N) is 1. The standard InChI is InChI=1S/C14H12O4.C12H10N2O3/c1-8-2-4-9(5-3-8)10-6-11(14(17)18)13(16)12(15)7-10;13-12(17)9-5-8(6-10(15)11(9)16)7-1-3-14-4-2-7/h2-7,15-16H,1H3,(H,17,18);1-6,15-16H,(H2,13,17). The number of hydrogen-bond acceptors (Lipinski definition) is 7. The molecule has 0 saturated carbocycles. The fraction of sp³-hybridized carbons (Fsp3) is 0.0385. The predicted octanol–water partition coefficient (Wildman–Crippen LogP) is 4.03. The molecule has 0 atom stereocenters. The van der Waals surface area contributed by atoms with Crippen molar-refractivity contribution < 1.29 is 35.1 Å². The number of hydrogen-bond donors (Lipinski definition) is 6. The van der Waals surface area contributed by atoms with Gasteiger partial charge in [0.25, 0.3) is 5.91 Å². The number of aromatic hydroxyl groups is 4. The molecule has 178 valence electrons. The molecule has 35 heavy (non-hydrogen) atoms. The van der Waals surface area contributed by atoms with Gasteiger partial charge in [-0.15, -0.1) is 0 Å². The molecule has 3 aromatic carbocycles. The molecule has 4 aromatic rings. The third kappa shape index (κ3) is 5.66. The summed E-state index contributed by atoms with van der Waals surface area (Å²) in [5.74, 6) is -4.02. The highest BCUT2D eigenvalue weighted by molar-refractivity contribution is 5.98. The zero-order valence-corrected chi connectivity index (χ0v) is 18.5. The smallest absolute Gasteiger partial charge is 0.339 e. The van der Waals surface area contributed by atoms with E-state index in [-0.39, 0.29) is 16.9 Å². The number of carboxylic acids is 1. The van der Waals surface area contributed by atoms with Crippen molar-refractivity contribution in [2.75, 3.05) is 0 Å². The van der Waals surface area contributed by atoms with Gasteiger partial charge >= 0.3 is 5.97 Å². The average Bonchev–Trinajstić information content (AvgIpc) is 2.83. The number of nitrogens with zero attached hydrogens (tertiary/aromatic N) is 1. The SMILES string of the molecule is Cc1ccc(-c2cc(O)c(O)c(C(=O)O)c2)cc1.NC(=O)c1cc(-c2ccncc2)cc(O)c1O. The third-order valence-corrected chi connectivity index (χ3v) is 5.07. The Morgan fingerprint density at radius 1 is 0.686 bits per heavy atom. The highest BCUT2D eigenvalue weighted by atomic mass is 16.4. The molecule has 0 unspecified atom stereocenters. The molecule has 0 radical (unpaired) electrons. The molecule has 0 fully saturated rings. The monoisotopic (exact) mass is 474 g/mol. The van der Waals surface area contributed by atoms with Crippen molar-refractivity contribution in [2.24, 2.45) is 5.73 Å². The number of rotatable bonds is 4. The first-order valence-corrected chi connectivity index (χ1v) is 10.2. The highest BCUT2D eigenvalue weighted by Gasteiger charge is 2.16. The van der Waals surface area contributed by atoms with Crippen LogP contribution in [0.3, 0.4) is 0 Å². The largest absolute Gasteiger partial charge is 0.504 e. The summed E-state index contributed by atoms with van der Waals surface area (Å²) in [5, 5.41) is 46.9. The van der Waals surface area contributed by atoms with Crippen molar-refractivity contribution in [2.45, 2.75) is 6.92 Å². The van der Waals surface area contributed by atoms with Gasteiger partial charge in [0, 0.05) is 12.4 Å². The van der Waals surface area contributed by atoms with Gasteiger partial charge in [0.05, 0.1) is 5.56 Å². The number of phenols is 4. The average molecular weight is 474 g/mol. The summed E-state index contributed by atoms with van der Waals surface area (Å²) < 4.78 is 0. The molecular weight excluding hydrogens is 452 g/mol. The van der Waals surface area contributed by atoms with E-state index in [1.165, 1.54) is 24.3 Å². The van der Waals surface area contributed by atoms with Crippen molar-refractivity contribution in [3.05, 3.63) is 89.7 Å². The van der Waals surface area contributed by atoms with Gasteiger partial charge < -0.3 is 31.3 Å². The second-order valence-corrected chi connectivity index (χ2v) is 7.55. The minimum atomic E-state index is -1.28. The van der Waals surface area contributed by atoms with Crippen molar-refractivity contribution in [3.63, 3.8) is 0 Å². The second kappa shape index (κ2) is 10.3. The fourth-order valence-electron chi connectivity index (χ4n) is 3.21. The van der Waals surface area contributed by atoms with Crippen LogP contribution in [0.5, 0.6) is 23.0 Å². The molecule has 0 spiro atoms. The molecule has 0 aliphatic carbocycles. The zero-order chi connectivity index (χ0) is 25.7. The Morgan fingerprint density at radius 3 is 1.63 bits per heavy atom. The zero-order valence-electron chi connectivity index (χ0n) is 18.5. The summed E-state index contributed by atoms with van der Waals surface area (Å²) in [5.41, 5.74) is 8.43. The topological polar surface area (TPSA) is 174 Å². The fourth-order valence-corrected chi connectivity index (χ4v) is 3.21. The van der Waals surface area contributed by atoms with E-state index < -0.39 is 29.1 Å². The van der Waals surface area contributed by atoms with E-state index in [0.717, 1.165) is 16.7 Å². The van der Waals surface area contributed by atoms with Gasteiger partial charge in [0.1, 0.15) is 5.56 Å². The molecule has 0 aliphatic heterocycles.